The van der Waals surface area contributed by atoms with Crippen molar-refractivity contribution >= 4 is 5.91 Å². The molecule has 1 aromatic carbocycles. The number of carbonyl (C=O) groups excluding carboxylic acids is 1. The van der Waals surface area contributed by atoms with Crippen LogP contribution in [0, 0.1) is 0 Å². The lowest BCUT2D eigenvalue weighted by atomic mass is 10.1. The second-order valence-electron chi connectivity index (χ2n) is 5.52. The van der Waals surface area contributed by atoms with E-state index in [1.165, 1.54) is 24.3 Å². The highest BCUT2D eigenvalue weighted by Gasteiger charge is 2.31. The molecule has 9 heteroatoms. The van der Waals surface area contributed by atoms with Crippen molar-refractivity contribution in [1.29, 1.82) is 0 Å². The molecule has 1 aromatic heterocycles. The summed E-state index contributed by atoms with van der Waals surface area (Å²) in [6, 6.07) is 4.41. The first-order valence-electron chi connectivity index (χ1n) is 7.51. The molecule has 0 spiro atoms. The fourth-order valence-electron chi connectivity index (χ4n) is 2.38. The molecule has 25 heavy (non-hydrogen) atoms. The van der Waals surface area contributed by atoms with Gasteiger partial charge in [0, 0.05) is 18.8 Å². The molecule has 0 aliphatic rings. The SMILES string of the molecule is CNC(C(=O)NC(C)c1ccc(OC(F)(F)F)cc1)c1cnn(C)c1. The summed E-state index contributed by atoms with van der Waals surface area (Å²) in [4.78, 5) is 12.4. The zero-order valence-electron chi connectivity index (χ0n) is 14.0. The van der Waals surface area contributed by atoms with Gasteiger partial charge < -0.3 is 15.4 Å². The molecule has 2 atom stereocenters. The fraction of sp³-hybridized carbons (Fsp3) is 0.375. The summed E-state index contributed by atoms with van der Waals surface area (Å²) < 4.78 is 41.9. The number of carbonyl (C=O) groups is 1. The van der Waals surface area contributed by atoms with Crippen molar-refractivity contribution in [2.24, 2.45) is 7.05 Å². The highest BCUT2D eigenvalue weighted by Crippen LogP contribution is 2.24. The first kappa shape index (κ1) is 18.8. The molecule has 2 rings (SSSR count). The average molecular weight is 356 g/mol. The number of amides is 1. The average Bonchev–Trinajstić information content (AvgIpc) is 2.93. The molecule has 2 aromatic rings. The van der Waals surface area contributed by atoms with Crippen molar-refractivity contribution in [3.05, 3.63) is 47.8 Å². The van der Waals surface area contributed by atoms with Crippen LogP contribution in [-0.4, -0.2) is 29.1 Å². The number of halogens is 3. The van der Waals surface area contributed by atoms with Crippen molar-refractivity contribution in [3.8, 4) is 5.75 Å². The number of aromatic nitrogens is 2. The summed E-state index contributed by atoms with van der Waals surface area (Å²) in [6.45, 7) is 1.74. The lowest BCUT2D eigenvalue weighted by Gasteiger charge is -2.19. The number of likely N-dealkylation sites (N-methyl/N-ethyl adjacent to an activating group) is 1. The normalized spacial score (nSPS) is 14.0. The van der Waals surface area contributed by atoms with E-state index in [4.69, 9.17) is 0 Å². The number of hydrogen-bond acceptors (Lipinski definition) is 4. The molecule has 6 nitrogen and oxygen atoms in total. The van der Waals surface area contributed by atoms with Gasteiger partial charge in [-0.05, 0) is 31.7 Å². The van der Waals surface area contributed by atoms with Crippen LogP contribution >= 0.6 is 0 Å². The van der Waals surface area contributed by atoms with Crippen molar-refractivity contribution in [2.45, 2.75) is 25.4 Å². The van der Waals surface area contributed by atoms with Crippen LogP contribution in [0.1, 0.15) is 30.1 Å². The highest BCUT2D eigenvalue weighted by atomic mass is 19.4. The third-order valence-electron chi connectivity index (χ3n) is 3.58. The number of rotatable bonds is 6. The Morgan fingerprint density at radius 2 is 1.88 bits per heavy atom. The Hall–Kier alpha value is -2.55. The van der Waals surface area contributed by atoms with Gasteiger partial charge in [0.15, 0.2) is 0 Å². The lowest BCUT2D eigenvalue weighted by Crippen LogP contribution is -2.37. The van der Waals surface area contributed by atoms with Crippen LogP contribution in [-0.2, 0) is 11.8 Å². The molecule has 0 bridgehead atoms. The van der Waals surface area contributed by atoms with Gasteiger partial charge in [0.1, 0.15) is 11.8 Å². The molecule has 0 aliphatic carbocycles. The molecule has 0 aliphatic heterocycles. The number of hydrogen-bond donors (Lipinski definition) is 2. The summed E-state index contributed by atoms with van der Waals surface area (Å²) in [5.74, 6) is -0.572. The maximum Gasteiger partial charge on any atom is 0.573 e. The van der Waals surface area contributed by atoms with Gasteiger partial charge in [0.2, 0.25) is 5.91 Å². The molecule has 0 saturated heterocycles. The van der Waals surface area contributed by atoms with Crippen molar-refractivity contribution in [3.63, 3.8) is 0 Å². The van der Waals surface area contributed by atoms with Crippen molar-refractivity contribution in [1.82, 2.24) is 20.4 Å². The van der Waals surface area contributed by atoms with E-state index in [0.29, 0.717) is 11.1 Å². The van der Waals surface area contributed by atoms with Gasteiger partial charge in [-0.15, -0.1) is 13.2 Å². The smallest absolute Gasteiger partial charge is 0.406 e. The van der Waals surface area contributed by atoms with Crippen LogP contribution in [0.5, 0.6) is 5.75 Å². The molecule has 2 N–H and O–H groups in total. The number of benzene rings is 1. The molecule has 0 radical (unpaired) electrons. The second kappa shape index (κ2) is 7.56. The number of alkyl halides is 3. The predicted octanol–water partition coefficient (Wildman–Crippen LogP) is 2.46. The molecular formula is C16H19F3N4O2. The van der Waals surface area contributed by atoms with Gasteiger partial charge >= 0.3 is 6.36 Å². The van der Waals surface area contributed by atoms with Crippen LogP contribution in [0.2, 0.25) is 0 Å². The predicted molar refractivity (Wildman–Crippen MR) is 84.7 cm³/mol. The van der Waals surface area contributed by atoms with E-state index >= 15 is 0 Å². The zero-order chi connectivity index (χ0) is 18.6. The Balaban J connectivity index is 2.02. The number of aryl methyl sites for hydroxylation is 1. The second-order valence-corrected chi connectivity index (χ2v) is 5.52. The van der Waals surface area contributed by atoms with Gasteiger partial charge in [-0.3, -0.25) is 9.48 Å². The topological polar surface area (TPSA) is 68.2 Å². The molecular weight excluding hydrogens is 337 g/mol. The van der Waals surface area contributed by atoms with Crippen molar-refractivity contribution in [2.75, 3.05) is 7.05 Å². The monoisotopic (exact) mass is 356 g/mol. The van der Waals surface area contributed by atoms with Crippen LogP contribution in [0.25, 0.3) is 0 Å². The lowest BCUT2D eigenvalue weighted by molar-refractivity contribution is -0.274. The maximum absolute atomic E-state index is 12.4. The number of ether oxygens (including phenoxy) is 1. The third-order valence-corrected chi connectivity index (χ3v) is 3.58. The Morgan fingerprint density at radius 1 is 1.24 bits per heavy atom. The third kappa shape index (κ3) is 5.21. The van der Waals surface area contributed by atoms with Gasteiger partial charge in [-0.2, -0.15) is 5.10 Å². The largest absolute Gasteiger partial charge is 0.573 e. The quantitative estimate of drug-likeness (QED) is 0.834. The molecule has 1 amide bonds. The summed E-state index contributed by atoms with van der Waals surface area (Å²) in [6.07, 6.45) is -1.41. The minimum atomic E-state index is -4.73. The van der Waals surface area contributed by atoms with E-state index in [9.17, 15) is 18.0 Å². The van der Waals surface area contributed by atoms with Gasteiger partial charge in [0.25, 0.3) is 0 Å². The summed E-state index contributed by atoms with van der Waals surface area (Å²) in [5, 5.41) is 9.77. The Bertz CT molecular complexity index is 713. The van der Waals surface area contributed by atoms with Crippen LogP contribution in [0.15, 0.2) is 36.7 Å². The number of nitrogens with zero attached hydrogens (tertiary/aromatic N) is 2. The Labute approximate surface area is 143 Å². The summed E-state index contributed by atoms with van der Waals surface area (Å²) in [5.41, 5.74) is 1.37. The number of nitrogens with one attached hydrogen (secondary N) is 2. The molecule has 0 saturated carbocycles. The zero-order valence-corrected chi connectivity index (χ0v) is 14.0. The van der Waals surface area contributed by atoms with E-state index in [2.05, 4.69) is 20.5 Å². The van der Waals surface area contributed by atoms with Crippen LogP contribution < -0.4 is 15.4 Å². The van der Waals surface area contributed by atoms with Crippen LogP contribution in [0.4, 0.5) is 13.2 Å². The summed E-state index contributed by atoms with van der Waals surface area (Å²) in [7, 11) is 3.41. The molecule has 0 fully saturated rings. The fourth-order valence-corrected chi connectivity index (χ4v) is 2.38. The first-order valence-corrected chi connectivity index (χ1v) is 7.51. The van der Waals surface area contributed by atoms with E-state index in [-0.39, 0.29) is 17.7 Å². The van der Waals surface area contributed by atoms with E-state index in [1.54, 1.807) is 38.1 Å². The first-order chi connectivity index (χ1) is 11.7. The standard InChI is InChI=1S/C16H19F3N4O2/c1-10(11-4-6-13(7-5-11)25-16(17,18)19)22-15(24)14(20-2)12-8-21-23(3)9-12/h4-10,14,20H,1-3H3,(H,22,24). The Kier molecular flexibility index (Phi) is 5.68. The minimum absolute atomic E-state index is 0.265. The maximum atomic E-state index is 12.4. The molecule has 1 heterocycles. The van der Waals surface area contributed by atoms with E-state index in [0.717, 1.165) is 0 Å². The Morgan fingerprint density at radius 3 is 2.36 bits per heavy atom. The van der Waals surface area contributed by atoms with Gasteiger partial charge in [0.05, 0.1) is 12.2 Å². The van der Waals surface area contributed by atoms with Crippen molar-refractivity contribution < 1.29 is 22.7 Å². The minimum Gasteiger partial charge on any atom is -0.406 e. The summed E-state index contributed by atoms with van der Waals surface area (Å²) >= 11 is 0. The van der Waals surface area contributed by atoms with Crippen LogP contribution in [0.3, 0.4) is 0 Å². The van der Waals surface area contributed by atoms with Gasteiger partial charge in [-0.25, -0.2) is 0 Å². The highest BCUT2D eigenvalue weighted by molar-refractivity contribution is 5.83. The molecule has 2 unspecified atom stereocenters. The molecule has 136 valence electrons. The van der Waals surface area contributed by atoms with Gasteiger partial charge in [-0.1, -0.05) is 12.1 Å². The van der Waals surface area contributed by atoms with E-state index < -0.39 is 12.4 Å². The van der Waals surface area contributed by atoms with E-state index in [1.807, 2.05) is 0 Å².